The first-order chi connectivity index (χ1) is 14.3. The predicted molar refractivity (Wildman–Crippen MR) is 119 cm³/mol. The zero-order valence-corrected chi connectivity index (χ0v) is 18.9. The van der Waals surface area contributed by atoms with Crippen LogP contribution in [0.15, 0.2) is 65.7 Å². The summed E-state index contributed by atoms with van der Waals surface area (Å²) in [5.74, 6) is -0.302. The van der Waals surface area contributed by atoms with Gasteiger partial charge in [-0.1, -0.05) is 48.7 Å². The van der Waals surface area contributed by atoms with Crippen molar-refractivity contribution < 1.29 is 12.8 Å². The standard InChI is InChI=1S/C22H23Cl2FN2O2S/c1-2-3-12-27(30(28,29)22-14-18(23)9-10-21(22)24)16-20-8-5-11-26(20)15-17-6-4-7-19(25)13-17/h4-11,13-14H,2-3,12,15-16H2,1H3. The van der Waals surface area contributed by atoms with Gasteiger partial charge in [0.2, 0.25) is 10.0 Å². The van der Waals surface area contributed by atoms with E-state index in [-0.39, 0.29) is 22.3 Å². The zero-order valence-electron chi connectivity index (χ0n) is 16.6. The molecule has 1 aromatic heterocycles. The van der Waals surface area contributed by atoms with Crippen molar-refractivity contribution in [3.63, 3.8) is 0 Å². The summed E-state index contributed by atoms with van der Waals surface area (Å²) in [6.45, 7) is 2.98. The van der Waals surface area contributed by atoms with Gasteiger partial charge in [0, 0.05) is 30.0 Å². The summed E-state index contributed by atoms with van der Waals surface area (Å²) in [6.07, 6.45) is 3.42. The Labute approximate surface area is 186 Å². The molecule has 0 atom stereocenters. The molecule has 0 amide bonds. The Morgan fingerprint density at radius 1 is 1.07 bits per heavy atom. The highest BCUT2D eigenvalue weighted by atomic mass is 35.5. The quantitative estimate of drug-likeness (QED) is 0.387. The average molecular weight is 469 g/mol. The van der Waals surface area contributed by atoms with Gasteiger partial charge < -0.3 is 4.57 Å². The van der Waals surface area contributed by atoms with Gasteiger partial charge in [-0.05, 0) is 54.4 Å². The minimum atomic E-state index is -3.86. The molecule has 0 bridgehead atoms. The number of unbranched alkanes of at least 4 members (excludes halogenated alkanes) is 1. The van der Waals surface area contributed by atoms with E-state index < -0.39 is 10.0 Å². The normalized spacial score (nSPS) is 11.9. The number of aromatic nitrogens is 1. The zero-order chi connectivity index (χ0) is 21.7. The van der Waals surface area contributed by atoms with Crippen LogP contribution < -0.4 is 0 Å². The largest absolute Gasteiger partial charge is 0.346 e. The lowest BCUT2D eigenvalue weighted by Gasteiger charge is -2.23. The molecule has 30 heavy (non-hydrogen) atoms. The fourth-order valence-electron chi connectivity index (χ4n) is 3.19. The van der Waals surface area contributed by atoms with Crippen LogP contribution in [-0.2, 0) is 23.1 Å². The smallest absolute Gasteiger partial charge is 0.244 e. The van der Waals surface area contributed by atoms with E-state index in [9.17, 15) is 12.8 Å². The first kappa shape index (κ1) is 22.8. The predicted octanol–water partition coefficient (Wildman–Crippen LogP) is 5.97. The van der Waals surface area contributed by atoms with Crippen molar-refractivity contribution >= 4 is 33.2 Å². The lowest BCUT2D eigenvalue weighted by Crippen LogP contribution is -2.32. The third-order valence-corrected chi connectivity index (χ3v) is 7.34. The third-order valence-electron chi connectivity index (χ3n) is 4.78. The summed E-state index contributed by atoms with van der Waals surface area (Å²) >= 11 is 12.2. The van der Waals surface area contributed by atoms with Crippen molar-refractivity contribution in [2.75, 3.05) is 6.54 Å². The lowest BCUT2D eigenvalue weighted by molar-refractivity contribution is 0.388. The van der Waals surface area contributed by atoms with E-state index in [1.54, 1.807) is 12.1 Å². The molecule has 0 spiro atoms. The molecule has 3 rings (SSSR count). The minimum Gasteiger partial charge on any atom is -0.346 e. The van der Waals surface area contributed by atoms with Crippen molar-refractivity contribution in [1.82, 2.24) is 8.87 Å². The van der Waals surface area contributed by atoms with Gasteiger partial charge in [-0.2, -0.15) is 4.31 Å². The fraction of sp³-hybridized carbons (Fsp3) is 0.273. The summed E-state index contributed by atoms with van der Waals surface area (Å²) in [6, 6.07) is 14.5. The Bertz CT molecular complexity index is 1120. The molecule has 0 aliphatic rings. The van der Waals surface area contributed by atoms with Crippen LogP contribution in [0.3, 0.4) is 0 Å². The van der Waals surface area contributed by atoms with Gasteiger partial charge in [-0.25, -0.2) is 12.8 Å². The SMILES string of the molecule is CCCCN(Cc1cccn1Cc1cccc(F)c1)S(=O)(=O)c1cc(Cl)ccc1Cl. The van der Waals surface area contributed by atoms with Gasteiger partial charge in [-0.3, -0.25) is 0 Å². The second-order valence-corrected chi connectivity index (χ2v) is 9.77. The van der Waals surface area contributed by atoms with Crippen LogP contribution in [0.2, 0.25) is 10.0 Å². The van der Waals surface area contributed by atoms with Crippen molar-refractivity contribution in [3.05, 3.63) is 87.9 Å². The molecule has 0 aliphatic heterocycles. The molecule has 0 saturated carbocycles. The number of hydrogen-bond donors (Lipinski definition) is 0. The van der Waals surface area contributed by atoms with E-state index in [0.29, 0.717) is 24.5 Å². The van der Waals surface area contributed by atoms with Crippen LogP contribution in [0.1, 0.15) is 31.0 Å². The molecule has 0 radical (unpaired) electrons. The molecule has 2 aromatic carbocycles. The molecule has 1 heterocycles. The molecule has 0 fully saturated rings. The second kappa shape index (κ2) is 9.96. The molecule has 0 unspecified atom stereocenters. The Morgan fingerprint density at radius 3 is 2.60 bits per heavy atom. The van der Waals surface area contributed by atoms with E-state index in [1.807, 2.05) is 35.9 Å². The van der Waals surface area contributed by atoms with Gasteiger partial charge in [0.15, 0.2) is 0 Å². The second-order valence-electron chi connectivity index (χ2n) is 7.02. The number of sulfonamides is 1. The molecule has 4 nitrogen and oxygen atoms in total. The molecule has 3 aromatic rings. The monoisotopic (exact) mass is 468 g/mol. The van der Waals surface area contributed by atoms with Gasteiger partial charge >= 0.3 is 0 Å². The highest BCUT2D eigenvalue weighted by molar-refractivity contribution is 7.89. The first-order valence-corrected chi connectivity index (χ1v) is 11.8. The Balaban J connectivity index is 1.91. The highest BCUT2D eigenvalue weighted by Crippen LogP contribution is 2.29. The van der Waals surface area contributed by atoms with E-state index in [2.05, 4.69) is 0 Å². The summed E-state index contributed by atoms with van der Waals surface area (Å²) < 4.78 is 43.6. The number of hydrogen-bond acceptors (Lipinski definition) is 2. The van der Waals surface area contributed by atoms with Crippen LogP contribution >= 0.6 is 23.2 Å². The van der Waals surface area contributed by atoms with Crippen LogP contribution in [0.4, 0.5) is 4.39 Å². The average Bonchev–Trinajstić information content (AvgIpc) is 3.13. The van der Waals surface area contributed by atoms with Crippen LogP contribution in [0.25, 0.3) is 0 Å². The number of halogens is 3. The van der Waals surface area contributed by atoms with Gasteiger partial charge in [0.05, 0.1) is 11.6 Å². The molecule has 160 valence electrons. The highest BCUT2D eigenvalue weighted by Gasteiger charge is 2.27. The Morgan fingerprint density at radius 2 is 1.87 bits per heavy atom. The third kappa shape index (κ3) is 5.43. The minimum absolute atomic E-state index is 0.00370. The Hall–Kier alpha value is -1.86. The number of rotatable bonds is 9. The molecule has 0 N–H and O–H groups in total. The van der Waals surface area contributed by atoms with E-state index >= 15 is 0 Å². The van der Waals surface area contributed by atoms with Gasteiger partial charge in [-0.15, -0.1) is 0 Å². The molecule has 8 heteroatoms. The summed E-state index contributed by atoms with van der Waals surface area (Å²) in [4.78, 5) is -0.00370. The van der Waals surface area contributed by atoms with E-state index in [0.717, 1.165) is 17.7 Å². The maximum absolute atomic E-state index is 13.5. The van der Waals surface area contributed by atoms with Crippen LogP contribution in [-0.4, -0.2) is 23.8 Å². The van der Waals surface area contributed by atoms with Crippen molar-refractivity contribution in [1.29, 1.82) is 0 Å². The van der Waals surface area contributed by atoms with Crippen molar-refractivity contribution in [2.24, 2.45) is 0 Å². The molecule has 0 saturated heterocycles. The molecular formula is C22H23Cl2FN2O2S. The number of benzene rings is 2. The Kier molecular flexibility index (Phi) is 7.58. The van der Waals surface area contributed by atoms with Crippen molar-refractivity contribution in [2.45, 2.75) is 37.8 Å². The van der Waals surface area contributed by atoms with Crippen LogP contribution in [0.5, 0.6) is 0 Å². The molecule has 0 aliphatic carbocycles. The van der Waals surface area contributed by atoms with Gasteiger partial charge in [0.1, 0.15) is 10.7 Å². The van der Waals surface area contributed by atoms with E-state index in [4.69, 9.17) is 23.2 Å². The maximum atomic E-state index is 13.5. The maximum Gasteiger partial charge on any atom is 0.244 e. The lowest BCUT2D eigenvalue weighted by atomic mass is 10.2. The van der Waals surface area contributed by atoms with Gasteiger partial charge in [0.25, 0.3) is 0 Å². The number of nitrogens with zero attached hydrogens (tertiary/aromatic N) is 2. The van der Waals surface area contributed by atoms with Crippen LogP contribution in [0, 0.1) is 5.82 Å². The summed E-state index contributed by atoms with van der Waals surface area (Å²) in [5.41, 5.74) is 1.60. The summed E-state index contributed by atoms with van der Waals surface area (Å²) in [5, 5.41) is 0.443. The van der Waals surface area contributed by atoms with Crippen molar-refractivity contribution in [3.8, 4) is 0 Å². The summed E-state index contributed by atoms with van der Waals surface area (Å²) in [7, 11) is -3.86. The first-order valence-electron chi connectivity index (χ1n) is 9.65. The topological polar surface area (TPSA) is 42.3 Å². The molecular weight excluding hydrogens is 446 g/mol. The van der Waals surface area contributed by atoms with E-state index in [1.165, 1.54) is 28.6 Å². The fourth-order valence-corrected chi connectivity index (χ4v) is 5.38.